The van der Waals surface area contributed by atoms with Crippen LogP contribution < -0.4 is 5.32 Å². The van der Waals surface area contributed by atoms with Crippen LogP contribution in [0.5, 0.6) is 0 Å². The van der Waals surface area contributed by atoms with Gasteiger partial charge in [-0.1, -0.05) is 0 Å². The molecular formula is C16H23ClN4O2. The van der Waals surface area contributed by atoms with Gasteiger partial charge in [0.05, 0.1) is 11.1 Å². The first-order chi connectivity index (χ1) is 11.1. The third kappa shape index (κ3) is 4.41. The molecule has 1 saturated heterocycles. The van der Waals surface area contributed by atoms with Crippen molar-refractivity contribution < 1.29 is 9.59 Å². The van der Waals surface area contributed by atoms with Gasteiger partial charge in [0.2, 0.25) is 11.8 Å². The number of nitrogens with zero attached hydrogens (tertiary/aromatic N) is 3. The molecule has 1 aromatic heterocycles. The molecule has 23 heavy (non-hydrogen) atoms. The van der Waals surface area contributed by atoms with Crippen LogP contribution in [0.15, 0.2) is 18.6 Å². The lowest BCUT2D eigenvalue weighted by molar-refractivity contribution is -0.140. The minimum atomic E-state index is -0.531. The molecule has 6 nitrogen and oxygen atoms in total. The van der Waals surface area contributed by atoms with Crippen LogP contribution in [0.2, 0.25) is 0 Å². The minimum absolute atomic E-state index is 0.00344. The summed E-state index contributed by atoms with van der Waals surface area (Å²) in [5.41, 5.74) is 0.390. The number of halogens is 1. The van der Waals surface area contributed by atoms with E-state index < -0.39 is 5.41 Å². The number of amides is 2. The summed E-state index contributed by atoms with van der Waals surface area (Å²) in [6.07, 6.45) is 9.00. The molecule has 7 heteroatoms. The summed E-state index contributed by atoms with van der Waals surface area (Å²) in [4.78, 5) is 34.4. The van der Waals surface area contributed by atoms with Crippen molar-refractivity contribution in [3.8, 4) is 0 Å². The van der Waals surface area contributed by atoms with E-state index in [0.717, 1.165) is 37.8 Å². The molecule has 1 fully saturated rings. The fraction of sp³-hybridized carbons (Fsp3) is 0.625. The molecule has 0 bridgehead atoms. The van der Waals surface area contributed by atoms with Crippen LogP contribution in [0.1, 0.15) is 31.4 Å². The number of carbonyl (C=O) groups excluding carboxylic acids is 2. The predicted octanol–water partition coefficient (Wildman–Crippen LogP) is 1.39. The van der Waals surface area contributed by atoms with Gasteiger partial charge in [-0.3, -0.25) is 19.6 Å². The lowest BCUT2D eigenvalue weighted by atomic mass is 9.75. The number of hydrogen-bond donors (Lipinski definition) is 1. The Morgan fingerprint density at radius 2 is 2.26 bits per heavy atom. The number of nitrogens with one attached hydrogen (secondary N) is 1. The maximum absolute atomic E-state index is 12.5. The average Bonchev–Trinajstić information content (AvgIpc) is 2.61. The van der Waals surface area contributed by atoms with Gasteiger partial charge in [0.1, 0.15) is 5.88 Å². The Morgan fingerprint density at radius 1 is 1.43 bits per heavy atom. The Morgan fingerprint density at radius 3 is 2.91 bits per heavy atom. The van der Waals surface area contributed by atoms with Crippen LogP contribution in [0.3, 0.4) is 0 Å². The van der Waals surface area contributed by atoms with E-state index >= 15 is 0 Å². The number of aryl methyl sites for hydroxylation is 1. The molecule has 0 saturated carbocycles. The molecule has 2 heterocycles. The first kappa shape index (κ1) is 17.7. The van der Waals surface area contributed by atoms with Crippen molar-refractivity contribution in [2.45, 2.75) is 32.1 Å². The second kappa shape index (κ2) is 8.24. The minimum Gasteiger partial charge on any atom is -0.359 e. The van der Waals surface area contributed by atoms with Crippen LogP contribution in [0.4, 0.5) is 0 Å². The van der Waals surface area contributed by atoms with E-state index in [-0.39, 0.29) is 17.7 Å². The fourth-order valence-electron chi connectivity index (χ4n) is 3.26. The smallest absolute Gasteiger partial charge is 0.237 e. The van der Waals surface area contributed by atoms with Gasteiger partial charge >= 0.3 is 0 Å². The van der Waals surface area contributed by atoms with E-state index in [1.54, 1.807) is 30.5 Å². The average molecular weight is 339 g/mol. The van der Waals surface area contributed by atoms with Crippen LogP contribution in [-0.2, 0) is 16.0 Å². The Hall–Kier alpha value is -1.69. The van der Waals surface area contributed by atoms with Crippen LogP contribution in [0.25, 0.3) is 0 Å². The zero-order valence-electron chi connectivity index (χ0n) is 13.4. The Labute approximate surface area is 141 Å². The molecule has 1 atom stereocenters. The van der Waals surface area contributed by atoms with Crippen molar-refractivity contribution in [1.29, 1.82) is 0 Å². The van der Waals surface area contributed by atoms with Crippen molar-refractivity contribution in [2.75, 3.05) is 26.0 Å². The summed E-state index contributed by atoms with van der Waals surface area (Å²) in [7, 11) is 1.65. The van der Waals surface area contributed by atoms with Crippen LogP contribution in [0, 0.1) is 5.41 Å². The molecule has 0 aliphatic carbocycles. The van der Waals surface area contributed by atoms with E-state index in [4.69, 9.17) is 11.6 Å². The highest BCUT2D eigenvalue weighted by molar-refractivity contribution is 6.27. The number of likely N-dealkylation sites (tertiary alicyclic amines) is 1. The first-order valence-electron chi connectivity index (χ1n) is 7.92. The Bertz CT molecular complexity index is 540. The lowest BCUT2D eigenvalue weighted by Crippen LogP contribution is -2.53. The van der Waals surface area contributed by atoms with Gasteiger partial charge in [-0.15, -0.1) is 11.6 Å². The maximum atomic E-state index is 12.5. The molecule has 1 N–H and O–H groups in total. The van der Waals surface area contributed by atoms with Crippen molar-refractivity contribution in [2.24, 2.45) is 5.41 Å². The second-order valence-electron chi connectivity index (χ2n) is 5.96. The molecule has 2 rings (SSSR count). The van der Waals surface area contributed by atoms with Crippen molar-refractivity contribution in [1.82, 2.24) is 20.2 Å². The zero-order valence-corrected chi connectivity index (χ0v) is 14.2. The molecule has 1 aliphatic rings. The normalized spacial score (nSPS) is 21.0. The quantitative estimate of drug-likeness (QED) is 0.795. The topological polar surface area (TPSA) is 75.2 Å². The van der Waals surface area contributed by atoms with E-state index in [1.165, 1.54) is 0 Å². The molecule has 0 aromatic carbocycles. The predicted molar refractivity (Wildman–Crippen MR) is 88.0 cm³/mol. The largest absolute Gasteiger partial charge is 0.359 e. The summed E-state index contributed by atoms with van der Waals surface area (Å²) in [6, 6.07) is 0. The number of aromatic nitrogens is 2. The summed E-state index contributed by atoms with van der Waals surface area (Å²) in [5.74, 6) is -0.138. The number of alkyl halides is 1. The van der Waals surface area contributed by atoms with Gasteiger partial charge < -0.3 is 10.2 Å². The zero-order chi connectivity index (χ0) is 16.7. The summed E-state index contributed by atoms with van der Waals surface area (Å²) < 4.78 is 0. The summed E-state index contributed by atoms with van der Waals surface area (Å²) >= 11 is 5.67. The van der Waals surface area contributed by atoms with Gasteiger partial charge in [0.25, 0.3) is 0 Å². The molecule has 1 unspecified atom stereocenters. The van der Waals surface area contributed by atoms with Gasteiger partial charge in [-0.2, -0.15) is 0 Å². The monoisotopic (exact) mass is 338 g/mol. The molecule has 0 radical (unpaired) electrons. The second-order valence-corrected chi connectivity index (χ2v) is 6.23. The number of piperidine rings is 1. The third-order valence-corrected chi connectivity index (χ3v) is 4.69. The van der Waals surface area contributed by atoms with Gasteiger partial charge in [0, 0.05) is 38.7 Å². The Balaban J connectivity index is 2.03. The molecule has 1 aromatic rings. The number of rotatable bonds is 6. The molecular weight excluding hydrogens is 316 g/mol. The fourth-order valence-corrected chi connectivity index (χ4v) is 3.43. The summed E-state index contributed by atoms with van der Waals surface area (Å²) in [6.45, 7) is 1.12. The molecule has 0 spiro atoms. The number of hydrogen-bond acceptors (Lipinski definition) is 4. The summed E-state index contributed by atoms with van der Waals surface area (Å²) in [5, 5.41) is 2.76. The van der Waals surface area contributed by atoms with E-state index in [1.807, 2.05) is 0 Å². The van der Waals surface area contributed by atoms with Gasteiger partial charge in [0.15, 0.2) is 0 Å². The standard InChI is InChI=1S/C16H23ClN4O2/c1-18-15(23)16(5-2-4-13-11-19-7-8-20-13)6-3-9-21(12-16)14(22)10-17/h7-8,11H,2-6,9-10,12H2,1H3,(H,18,23). The number of carbonyl (C=O) groups is 2. The molecule has 2 amide bonds. The van der Waals surface area contributed by atoms with E-state index in [2.05, 4.69) is 15.3 Å². The van der Waals surface area contributed by atoms with Crippen molar-refractivity contribution in [3.05, 3.63) is 24.3 Å². The van der Waals surface area contributed by atoms with Crippen LogP contribution >= 0.6 is 11.6 Å². The van der Waals surface area contributed by atoms with Gasteiger partial charge in [-0.25, -0.2) is 0 Å². The van der Waals surface area contributed by atoms with E-state index in [9.17, 15) is 9.59 Å². The highest BCUT2D eigenvalue weighted by Gasteiger charge is 2.42. The van der Waals surface area contributed by atoms with Crippen LogP contribution in [-0.4, -0.2) is 52.7 Å². The van der Waals surface area contributed by atoms with Crippen molar-refractivity contribution >= 4 is 23.4 Å². The highest BCUT2D eigenvalue weighted by Crippen LogP contribution is 2.35. The first-order valence-corrected chi connectivity index (χ1v) is 8.45. The SMILES string of the molecule is CNC(=O)C1(CCCc2cnccn2)CCCN(C(=O)CCl)C1. The molecule has 1 aliphatic heterocycles. The lowest BCUT2D eigenvalue weighted by Gasteiger charge is -2.41. The third-order valence-electron chi connectivity index (χ3n) is 4.46. The maximum Gasteiger partial charge on any atom is 0.237 e. The van der Waals surface area contributed by atoms with E-state index in [0.29, 0.717) is 13.1 Å². The van der Waals surface area contributed by atoms with Crippen molar-refractivity contribution in [3.63, 3.8) is 0 Å². The Kier molecular flexibility index (Phi) is 6.33. The highest BCUT2D eigenvalue weighted by atomic mass is 35.5. The molecule has 126 valence electrons. The van der Waals surface area contributed by atoms with Gasteiger partial charge in [-0.05, 0) is 32.1 Å².